The molecular formula is C10H22O3SSi. The van der Waals surface area contributed by atoms with Gasteiger partial charge in [-0.2, -0.15) is 8.42 Å². The molecule has 0 spiro atoms. The van der Waals surface area contributed by atoms with Crippen LogP contribution in [-0.2, 0) is 14.3 Å². The molecule has 0 fully saturated rings. The van der Waals surface area contributed by atoms with Crippen LogP contribution in [0, 0.1) is 0 Å². The summed E-state index contributed by atoms with van der Waals surface area (Å²) in [5, 5.41) is 0.272. The van der Waals surface area contributed by atoms with Crippen LogP contribution in [0.1, 0.15) is 20.8 Å². The van der Waals surface area contributed by atoms with Gasteiger partial charge in [0.05, 0.1) is 20.9 Å². The summed E-state index contributed by atoms with van der Waals surface area (Å²) in [6.45, 7) is 11.3. The molecule has 0 unspecified atom stereocenters. The SMILES string of the molecule is CC(C)(C)[Si](C)(C)/C=C/COS(C)(=O)=O. The van der Waals surface area contributed by atoms with Crippen LogP contribution in [0.15, 0.2) is 11.8 Å². The van der Waals surface area contributed by atoms with E-state index < -0.39 is 18.2 Å². The van der Waals surface area contributed by atoms with Gasteiger partial charge in [0, 0.05) is 0 Å². The van der Waals surface area contributed by atoms with Crippen molar-refractivity contribution in [1.82, 2.24) is 0 Å². The van der Waals surface area contributed by atoms with Gasteiger partial charge in [-0.3, -0.25) is 4.18 Å². The molecule has 5 heteroatoms. The normalized spacial score (nSPS) is 14.8. The Labute approximate surface area is 94.7 Å². The minimum atomic E-state index is -3.31. The summed E-state index contributed by atoms with van der Waals surface area (Å²) in [6, 6.07) is 0. The van der Waals surface area contributed by atoms with Crippen molar-refractivity contribution < 1.29 is 12.6 Å². The van der Waals surface area contributed by atoms with Crippen molar-refractivity contribution in [3.8, 4) is 0 Å². The lowest BCUT2D eigenvalue weighted by atomic mass is 10.2. The Morgan fingerprint density at radius 1 is 1.27 bits per heavy atom. The first-order chi connectivity index (χ1) is 6.46. The molecule has 0 aromatic carbocycles. The zero-order valence-electron chi connectivity index (χ0n) is 10.5. The summed E-state index contributed by atoms with van der Waals surface area (Å²) in [4.78, 5) is 0. The van der Waals surface area contributed by atoms with Crippen LogP contribution < -0.4 is 0 Å². The molecule has 0 saturated heterocycles. The maximum atomic E-state index is 10.7. The molecule has 3 nitrogen and oxygen atoms in total. The molecule has 0 aromatic heterocycles. The molecule has 0 heterocycles. The fourth-order valence-corrected chi connectivity index (χ4v) is 2.27. The monoisotopic (exact) mass is 250 g/mol. The number of hydrogen-bond donors (Lipinski definition) is 0. The first-order valence-corrected chi connectivity index (χ1v) is 9.87. The van der Waals surface area contributed by atoms with Crippen LogP contribution in [0.25, 0.3) is 0 Å². The zero-order chi connectivity index (χ0) is 12.3. The first kappa shape index (κ1) is 14.9. The van der Waals surface area contributed by atoms with Gasteiger partial charge in [-0.15, -0.1) is 0 Å². The molecule has 0 N–H and O–H groups in total. The van der Waals surface area contributed by atoms with E-state index >= 15 is 0 Å². The van der Waals surface area contributed by atoms with E-state index in [-0.39, 0.29) is 11.6 Å². The van der Waals surface area contributed by atoms with E-state index in [0.29, 0.717) is 0 Å². The van der Waals surface area contributed by atoms with E-state index in [2.05, 4.69) is 43.7 Å². The highest BCUT2D eigenvalue weighted by Gasteiger charge is 2.32. The lowest BCUT2D eigenvalue weighted by Gasteiger charge is -2.34. The van der Waals surface area contributed by atoms with Crippen molar-refractivity contribution in [2.75, 3.05) is 12.9 Å². The summed E-state index contributed by atoms with van der Waals surface area (Å²) in [6.07, 6.45) is 2.88. The van der Waals surface area contributed by atoms with Gasteiger partial charge in [-0.1, -0.05) is 45.6 Å². The number of hydrogen-bond acceptors (Lipinski definition) is 3. The molecule has 0 atom stereocenters. The van der Waals surface area contributed by atoms with Gasteiger partial charge in [0.25, 0.3) is 10.1 Å². The molecule has 90 valence electrons. The fourth-order valence-electron chi connectivity index (χ4n) is 0.756. The third-order valence-corrected chi connectivity index (χ3v) is 8.35. The Balaban J connectivity index is 4.31. The van der Waals surface area contributed by atoms with E-state index in [1.165, 1.54) is 0 Å². The van der Waals surface area contributed by atoms with Crippen LogP contribution in [-0.4, -0.2) is 29.4 Å². The summed E-state index contributed by atoms with van der Waals surface area (Å²) in [5.41, 5.74) is 2.14. The third kappa shape index (κ3) is 6.12. The average molecular weight is 250 g/mol. The average Bonchev–Trinajstić information content (AvgIpc) is 1.94. The Morgan fingerprint density at radius 3 is 2.07 bits per heavy atom. The summed E-state index contributed by atoms with van der Waals surface area (Å²) in [5.74, 6) is 0. The highest BCUT2D eigenvalue weighted by Crippen LogP contribution is 2.36. The van der Waals surface area contributed by atoms with Gasteiger partial charge in [-0.25, -0.2) is 0 Å². The van der Waals surface area contributed by atoms with Crippen LogP contribution in [0.5, 0.6) is 0 Å². The van der Waals surface area contributed by atoms with E-state index in [0.717, 1.165) is 6.26 Å². The Hall–Kier alpha value is -0.133. The molecule has 0 saturated carbocycles. The summed E-state index contributed by atoms with van der Waals surface area (Å²) < 4.78 is 26.1. The van der Waals surface area contributed by atoms with Crippen LogP contribution in [0.4, 0.5) is 0 Å². The number of rotatable bonds is 4. The van der Waals surface area contributed by atoms with Gasteiger partial charge in [0.15, 0.2) is 0 Å². The maximum absolute atomic E-state index is 10.7. The van der Waals surface area contributed by atoms with Crippen molar-refractivity contribution in [2.24, 2.45) is 0 Å². The lowest BCUT2D eigenvalue weighted by molar-refractivity contribution is 0.361. The van der Waals surface area contributed by atoms with Gasteiger partial charge in [-0.05, 0) is 5.04 Å². The molecule has 0 amide bonds. The van der Waals surface area contributed by atoms with Gasteiger partial charge < -0.3 is 0 Å². The molecule has 0 aliphatic heterocycles. The minimum absolute atomic E-state index is 0.144. The van der Waals surface area contributed by atoms with E-state index in [9.17, 15) is 8.42 Å². The second-order valence-corrected chi connectivity index (χ2v) is 12.3. The second-order valence-electron chi connectivity index (χ2n) is 5.36. The smallest absolute Gasteiger partial charge is 0.264 e. The van der Waals surface area contributed by atoms with Gasteiger partial charge >= 0.3 is 0 Å². The standard InChI is InChI=1S/C10H22O3SSi/c1-10(2,3)15(5,6)9-7-8-13-14(4,11)12/h7,9H,8H2,1-6H3/b9-7+. The van der Waals surface area contributed by atoms with Crippen molar-refractivity contribution in [3.05, 3.63) is 11.8 Å². The Kier molecular flexibility index (Phi) is 4.76. The van der Waals surface area contributed by atoms with Crippen molar-refractivity contribution >= 4 is 18.2 Å². The van der Waals surface area contributed by atoms with E-state index in [4.69, 9.17) is 0 Å². The van der Waals surface area contributed by atoms with Gasteiger partial charge in [0.2, 0.25) is 0 Å². The quantitative estimate of drug-likeness (QED) is 0.569. The highest BCUT2D eigenvalue weighted by atomic mass is 32.2. The van der Waals surface area contributed by atoms with Crippen molar-refractivity contribution in [1.29, 1.82) is 0 Å². The molecule has 0 rings (SSSR count). The highest BCUT2D eigenvalue weighted by molar-refractivity contribution is 7.85. The first-order valence-electron chi connectivity index (χ1n) is 4.98. The van der Waals surface area contributed by atoms with E-state index in [1.807, 2.05) is 6.08 Å². The Bertz CT molecular complexity index is 323. The van der Waals surface area contributed by atoms with Crippen LogP contribution in [0.3, 0.4) is 0 Å². The van der Waals surface area contributed by atoms with E-state index in [1.54, 1.807) is 0 Å². The maximum Gasteiger partial charge on any atom is 0.264 e. The van der Waals surface area contributed by atoms with Crippen LogP contribution >= 0.6 is 0 Å². The molecule has 0 bridgehead atoms. The van der Waals surface area contributed by atoms with Crippen molar-refractivity contribution in [3.63, 3.8) is 0 Å². The lowest BCUT2D eigenvalue weighted by Crippen LogP contribution is -2.35. The molecular weight excluding hydrogens is 228 g/mol. The zero-order valence-corrected chi connectivity index (χ0v) is 12.3. The molecule has 0 radical (unpaired) electrons. The Morgan fingerprint density at radius 2 is 1.73 bits per heavy atom. The molecule has 0 aromatic rings. The largest absolute Gasteiger partial charge is 0.266 e. The second kappa shape index (κ2) is 4.80. The fraction of sp³-hybridized carbons (Fsp3) is 0.800. The molecule has 0 aliphatic carbocycles. The minimum Gasteiger partial charge on any atom is -0.266 e. The molecule has 15 heavy (non-hydrogen) atoms. The topological polar surface area (TPSA) is 43.4 Å². The summed E-state index contributed by atoms with van der Waals surface area (Å²) in [7, 11) is -4.77. The predicted molar refractivity (Wildman–Crippen MR) is 67.1 cm³/mol. The summed E-state index contributed by atoms with van der Waals surface area (Å²) >= 11 is 0. The van der Waals surface area contributed by atoms with Crippen molar-refractivity contribution in [2.45, 2.75) is 38.9 Å². The van der Waals surface area contributed by atoms with Crippen LogP contribution in [0.2, 0.25) is 18.1 Å². The predicted octanol–water partition coefficient (Wildman–Crippen LogP) is 2.57. The molecule has 0 aliphatic rings. The van der Waals surface area contributed by atoms with Gasteiger partial charge in [0.1, 0.15) is 0 Å². The third-order valence-electron chi connectivity index (χ3n) is 2.85.